The molecule has 9 nitrogen and oxygen atoms in total. The Morgan fingerprint density at radius 2 is 1.94 bits per heavy atom. The van der Waals surface area contributed by atoms with Gasteiger partial charge in [-0.1, -0.05) is 12.0 Å². The number of phenolic OH excluding ortho intramolecular Hbond substituents is 1. The van der Waals surface area contributed by atoms with E-state index in [1.54, 1.807) is 28.7 Å². The van der Waals surface area contributed by atoms with Gasteiger partial charge in [0.05, 0.1) is 30.2 Å². The summed E-state index contributed by atoms with van der Waals surface area (Å²) < 4.78 is 3.62. The maximum Gasteiger partial charge on any atom is 0.260 e. The van der Waals surface area contributed by atoms with Crippen molar-refractivity contribution in [2.75, 3.05) is 12.3 Å². The lowest BCUT2D eigenvalue weighted by atomic mass is 10.1. The summed E-state index contributed by atoms with van der Waals surface area (Å²) in [6.45, 7) is 8.84. The van der Waals surface area contributed by atoms with E-state index in [-0.39, 0.29) is 23.0 Å². The van der Waals surface area contributed by atoms with E-state index in [0.717, 1.165) is 11.3 Å². The largest absolute Gasteiger partial charge is 0.508 e. The van der Waals surface area contributed by atoms with Crippen molar-refractivity contribution in [2.45, 2.75) is 40.8 Å². The van der Waals surface area contributed by atoms with Crippen molar-refractivity contribution in [1.82, 2.24) is 29.2 Å². The van der Waals surface area contributed by atoms with Gasteiger partial charge in [-0.05, 0) is 51.3 Å². The second-order valence-corrected chi connectivity index (χ2v) is 8.45. The summed E-state index contributed by atoms with van der Waals surface area (Å²) in [5, 5.41) is 14.7. The lowest BCUT2D eigenvalue weighted by Gasteiger charge is -2.27. The van der Waals surface area contributed by atoms with E-state index in [1.165, 1.54) is 0 Å². The Morgan fingerprint density at radius 3 is 2.71 bits per heavy atom. The minimum absolute atomic E-state index is 0.136. The van der Waals surface area contributed by atoms with E-state index < -0.39 is 0 Å². The van der Waals surface area contributed by atoms with Crippen molar-refractivity contribution in [2.24, 2.45) is 0 Å². The van der Waals surface area contributed by atoms with Crippen LogP contribution in [0, 0.1) is 32.6 Å². The van der Waals surface area contributed by atoms with E-state index >= 15 is 0 Å². The molecule has 0 unspecified atom stereocenters. The third kappa shape index (κ3) is 3.18. The second kappa shape index (κ2) is 7.92. The molecule has 1 aromatic carbocycles. The third-order valence-corrected chi connectivity index (χ3v) is 6.31. The fourth-order valence-corrected chi connectivity index (χ4v) is 4.54. The van der Waals surface area contributed by atoms with Gasteiger partial charge in [-0.3, -0.25) is 14.0 Å². The first-order valence-electron chi connectivity index (χ1n) is 11.0. The fraction of sp³-hybridized carbons (Fsp3) is 0.280. The number of carbonyl (C=O) groups is 1. The monoisotopic (exact) mass is 455 g/mol. The molecule has 0 spiro atoms. The topological polar surface area (TPSA) is 115 Å². The maximum atomic E-state index is 13.9. The molecule has 4 aromatic rings. The Kier molecular flexibility index (Phi) is 5.01. The van der Waals surface area contributed by atoms with Gasteiger partial charge in [0.2, 0.25) is 0 Å². The molecule has 34 heavy (non-hydrogen) atoms. The smallest absolute Gasteiger partial charge is 0.260 e. The number of hydrogen-bond acceptors (Lipinski definition) is 6. The van der Waals surface area contributed by atoms with E-state index in [2.05, 4.69) is 16.9 Å². The molecule has 0 atom stereocenters. The lowest BCUT2D eigenvalue weighted by molar-refractivity contribution is 0.0709. The average Bonchev–Trinajstić information content (AvgIpc) is 3.39. The van der Waals surface area contributed by atoms with E-state index in [9.17, 15) is 9.90 Å². The van der Waals surface area contributed by atoms with Crippen LogP contribution >= 0.6 is 0 Å². The highest BCUT2D eigenvalue weighted by atomic mass is 16.3. The van der Waals surface area contributed by atoms with Crippen molar-refractivity contribution >= 4 is 22.9 Å². The van der Waals surface area contributed by atoms with Crippen LogP contribution < -0.4 is 5.73 Å². The molecule has 9 heteroatoms. The van der Waals surface area contributed by atoms with Crippen LogP contribution in [-0.4, -0.2) is 46.8 Å². The number of aromatic hydroxyl groups is 1. The highest BCUT2D eigenvalue weighted by molar-refractivity contribution is 6.10. The Bertz CT molecular complexity index is 1530. The number of fused-ring (bicyclic) bond motifs is 2. The Balaban J connectivity index is 1.77. The maximum absolute atomic E-state index is 13.9. The van der Waals surface area contributed by atoms with Gasteiger partial charge in [0.25, 0.3) is 5.91 Å². The Hall–Kier alpha value is -4.32. The quantitative estimate of drug-likeness (QED) is 0.449. The van der Waals surface area contributed by atoms with E-state index in [4.69, 9.17) is 15.7 Å². The Morgan fingerprint density at radius 1 is 1.15 bits per heavy atom. The summed E-state index contributed by atoms with van der Waals surface area (Å²) in [5.41, 5.74) is 12.1. The number of carbonyl (C=O) groups excluding carboxylic acids is 1. The number of rotatable bonds is 2. The van der Waals surface area contributed by atoms with Crippen molar-refractivity contribution in [3.05, 3.63) is 58.2 Å². The summed E-state index contributed by atoms with van der Waals surface area (Å²) in [6, 6.07) is 5.36. The highest BCUT2D eigenvalue weighted by Crippen LogP contribution is 2.36. The minimum Gasteiger partial charge on any atom is -0.508 e. The zero-order valence-electron chi connectivity index (χ0n) is 19.5. The van der Waals surface area contributed by atoms with Gasteiger partial charge >= 0.3 is 0 Å². The van der Waals surface area contributed by atoms with Crippen LogP contribution in [0.3, 0.4) is 0 Å². The van der Waals surface area contributed by atoms with E-state index in [1.807, 2.05) is 37.6 Å². The van der Waals surface area contributed by atoms with Gasteiger partial charge in [0.1, 0.15) is 28.3 Å². The van der Waals surface area contributed by atoms with Crippen molar-refractivity contribution < 1.29 is 9.90 Å². The second-order valence-electron chi connectivity index (χ2n) is 8.45. The van der Waals surface area contributed by atoms with Gasteiger partial charge in [0.15, 0.2) is 5.65 Å². The molecule has 0 bridgehead atoms. The van der Waals surface area contributed by atoms with Crippen LogP contribution in [0.4, 0.5) is 5.82 Å². The molecule has 5 rings (SSSR count). The zero-order chi connectivity index (χ0) is 24.1. The molecule has 1 aliphatic heterocycles. The highest BCUT2D eigenvalue weighted by Gasteiger charge is 2.31. The first kappa shape index (κ1) is 21.5. The van der Waals surface area contributed by atoms with Gasteiger partial charge in [-0.2, -0.15) is 5.10 Å². The molecule has 0 saturated carbocycles. The molecule has 3 N–H and O–H groups in total. The number of phenols is 1. The Labute approximate surface area is 196 Å². The summed E-state index contributed by atoms with van der Waals surface area (Å²) >= 11 is 0. The van der Waals surface area contributed by atoms with Crippen LogP contribution in [-0.2, 0) is 13.1 Å². The average molecular weight is 456 g/mol. The van der Waals surface area contributed by atoms with Crippen LogP contribution in [0.25, 0.3) is 16.9 Å². The van der Waals surface area contributed by atoms with Crippen molar-refractivity contribution in [3.8, 4) is 23.3 Å². The molecule has 0 radical (unpaired) electrons. The number of benzene rings is 1. The molecule has 3 aromatic heterocycles. The van der Waals surface area contributed by atoms with Crippen molar-refractivity contribution in [3.63, 3.8) is 0 Å². The zero-order valence-corrected chi connectivity index (χ0v) is 19.5. The molecule has 1 aliphatic rings. The van der Waals surface area contributed by atoms with Gasteiger partial charge < -0.3 is 15.7 Å². The standard InChI is InChI=1S/C25H25N7O2/c1-5-6-18-16(4)28-24-21(29-18)20(25(34)30-11-12-31-17(13-30)9-10-27-31)23(26)32(24)22-14(2)7-8-19(33)15(22)3/h7-10,33H,11-13,26H2,1-4H3. The summed E-state index contributed by atoms with van der Waals surface area (Å²) in [6.07, 6.45) is 1.74. The van der Waals surface area contributed by atoms with E-state index in [0.29, 0.717) is 53.4 Å². The van der Waals surface area contributed by atoms with Crippen LogP contribution in [0.2, 0.25) is 0 Å². The first-order chi connectivity index (χ1) is 16.3. The summed E-state index contributed by atoms with van der Waals surface area (Å²) in [4.78, 5) is 25.1. The normalized spacial score (nSPS) is 13.0. The molecule has 4 heterocycles. The number of aromatic nitrogens is 5. The fourth-order valence-electron chi connectivity index (χ4n) is 4.54. The van der Waals surface area contributed by atoms with Gasteiger partial charge in [0, 0.05) is 18.3 Å². The SMILES string of the molecule is CC#Cc1nc2c(C(=O)N3CCn4nccc4C3)c(N)n(-c3c(C)ccc(O)c3C)c2nc1C. The number of nitrogens with zero attached hydrogens (tertiary/aromatic N) is 6. The first-order valence-corrected chi connectivity index (χ1v) is 11.0. The number of aryl methyl sites for hydroxylation is 2. The lowest BCUT2D eigenvalue weighted by Crippen LogP contribution is -2.38. The third-order valence-electron chi connectivity index (χ3n) is 6.31. The van der Waals surface area contributed by atoms with Crippen LogP contribution in [0.5, 0.6) is 5.75 Å². The number of amides is 1. The molecule has 0 fully saturated rings. The summed E-state index contributed by atoms with van der Waals surface area (Å²) in [5.74, 6) is 5.98. The predicted molar refractivity (Wildman–Crippen MR) is 129 cm³/mol. The molecular formula is C25H25N7O2. The minimum atomic E-state index is -0.224. The molecule has 0 saturated heterocycles. The number of nitrogen functional groups attached to an aromatic ring is 1. The number of nitrogens with two attached hydrogens (primary N) is 1. The van der Waals surface area contributed by atoms with Crippen LogP contribution in [0.1, 0.15) is 45.5 Å². The molecular weight excluding hydrogens is 430 g/mol. The number of hydrogen-bond donors (Lipinski definition) is 2. The summed E-state index contributed by atoms with van der Waals surface area (Å²) in [7, 11) is 0. The molecule has 1 amide bonds. The van der Waals surface area contributed by atoms with Gasteiger partial charge in [-0.15, -0.1) is 0 Å². The van der Waals surface area contributed by atoms with Crippen molar-refractivity contribution in [1.29, 1.82) is 0 Å². The van der Waals surface area contributed by atoms with Gasteiger partial charge in [-0.25, -0.2) is 9.97 Å². The molecule has 0 aliphatic carbocycles. The number of anilines is 1. The molecule has 172 valence electrons. The van der Waals surface area contributed by atoms with Crippen LogP contribution in [0.15, 0.2) is 24.4 Å². The predicted octanol–water partition coefficient (Wildman–Crippen LogP) is 2.86.